The molecule has 196 valence electrons. The number of fused-ring (bicyclic) bond motifs is 1. The minimum absolute atomic E-state index is 0.0289. The number of sulfonamides is 1. The minimum atomic E-state index is -4.16. The van der Waals surface area contributed by atoms with Crippen molar-refractivity contribution in [3.05, 3.63) is 11.6 Å². The lowest BCUT2D eigenvalue weighted by Gasteiger charge is -2.36. The fraction of sp³-hybridized carbons (Fsp3) is 0.579. The van der Waals surface area contributed by atoms with E-state index in [1.807, 2.05) is 0 Å². The predicted molar refractivity (Wildman–Crippen MR) is 122 cm³/mol. The fourth-order valence-electron chi connectivity index (χ4n) is 3.41. The van der Waals surface area contributed by atoms with E-state index in [0.29, 0.717) is 11.3 Å². The van der Waals surface area contributed by atoms with Crippen molar-refractivity contribution in [3.63, 3.8) is 0 Å². The second kappa shape index (κ2) is 11.0. The van der Waals surface area contributed by atoms with Crippen LogP contribution in [-0.2, 0) is 48.5 Å². The maximum absolute atomic E-state index is 13.1. The summed E-state index contributed by atoms with van der Waals surface area (Å²) in [7, 11) is -6.65. The highest BCUT2D eigenvalue weighted by molar-refractivity contribution is 7.95. The van der Waals surface area contributed by atoms with Gasteiger partial charge in [-0.1, -0.05) is 0 Å². The van der Waals surface area contributed by atoms with Crippen LogP contribution in [0, 0.1) is 0 Å². The van der Waals surface area contributed by atoms with E-state index < -0.39 is 74.7 Å². The number of hydrogen-bond donors (Lipinski definition) is 1. The van der Waals surface area contributed by atoms with E-state index in [1.54, 1.807) is 6.92 Å². The van der Waals surface area contributed by atoms with E-state index in [2.05, 4.69) is 4.74 Å². The van der Waals surface area contributed by atoms with E-state index in [0.717, 1.165) is 11.8 Å². The van der Waals surface area contributed by atoms with Gasteiger partial charge in [0.1, 0.15) is 8.42 Å². The van der Waals surface area contributed by atoms with Crippen molar-refractivity contribution in [2.75, 3.05) is 33.4 Å². The predicted octanol–water partition coefficient (Wildman–Crippen LogP) is -0.584. The van der Waals surface area contributed by atoms with E-state index in [-0.39, 0.29) is 26.9 Å². The number of nitrogens with two attached hydrogens (primary N) is 1. The maximum Gasteiger partial charge on any atom is 0.344 e. The molecule has 0 aliphatic carbocycles. The Morgan fingerprint density at radius 2 is 1.80 bits per heavy atom. The number of likely N-dealkylation sites (N-methyl/N-ethyl adjacent to an activating group) is 2. The van der Waals surface area contributed by atoms with Gasteiger partial charge in [0.15, 0.2) is 23.1 Å². The largest absolute Gasteiger partial charge is 0.454 e. The first-order valence-electron chi connectivity index (χ1n) is 10.3. The van der Waals surface area contributed by atoms with E-state index in [9.17, 15) is 36.0 Å². The topological polar surface area (TPSA) is 188 Å². The first-order valence-corrected chi connectivity index (χ1v) is 14.2. The number of carbonyl (C=O) groups excluding carboxylic acids is 4. The molecule has 2 rings (SSSR count). The number of esters is 2. The zero-order chi connectivity index (χ0) is 26.7. The van der Waals surface area contributed by atoms with Crippen LogP contribution in [0.4, 0.5) is 0 Å². The monoisotopic (exact) mass is 553 g/mol. The van der Waals surface area contributed by atoms with Gasteiger partial charge in [0, 0.05) is 26.1 Å². The zero-order valence-corrected chi connectivity index (χ0v) is 22.0. The number of thiophene rings is 1. The number of ether oxygens (including phenoxy) is 2. The molecule has 2 N–H and O–H groups in total. The molecule has 0 bridgehead atoms. The number of primary sulfonamides is 1. The van der Waals surface area contributed by atoms with Gasteiger partial charge in [-0.2, -0.15) is 0 Å². The Morgan fingerprint density at radius 1 is 1.17 bits per heavy atom. The third-order valence-corrected chi connectivity index (χ3v) is 10.6. The Bertz CT molecular complexity index is 1220. The molecule has 0 spiro atoms. The highest BCUT2D eigenvalue weighted by Gasteiger charge is 2.42. The first kappa shape index (κ1) is 28.7. The van der Waals surface area contributed by atoms with Gasteiger partial charge >= 0.3 is 11.9 Å². The minimum Gasteiger partial charge on any atom is -0.454 e. The molecule has 2 heterocycles. The van der Waals surface area contributed by atoms with Crippen molar-refractivity contribution in [2.45, 2.75) is 46.9 Å². The number of rotatable bonds is 9. The van der Waals surface area contributed by atoms with Gasteiger partial charge in [0.25, 0.3) is 5.91 Å². The fourth-order valence-corrected chi connectivity index (χ4v) is 7.81. The Balaban J connectivity index is 2.18. The molecule has 13 nitrogen and oxygen atoms in total. The highest BCUT2D eigenvalue weighted by Crippen LogP contribution is 2.44. The lowest BCUT2D eigenvalue weighted by atomic mass is 10.0. The average molecular weight is 554 g/mol. The summed E-state index contributed by atoms with van der Waals surface area (Å²) in [6.07, 6.45) is 0.0289. The van der Waals surface area contributed by atoms with E-state index >= 15 is 0 Å². The molecule has 1 aliphatic rings. The lowest BCUT2D eigenvalue weighted by Crippen LogP contribution is -2.45. The second-order valence-corrected chi connectivity index (χ2v) is 13.2. The number of sulfone groups is 1. The Morgan fingerprint density at radius 3 is 2.34 bits per heavy atom. The molecule has 35 heavy (non-hydrogen) atoms. The summed E-state index contributed by atoms with van der Waals surface area (Å²) in [6, 6.07) is 0.425. The molecule has 2 amide bonds. The Hall–Kier alpha value is -2.56. The lowest BCUT2D eigenvalue weighted by molar-refractivity contribution is -0.160. The smallest absolute Gasteiger partial charge is 0.344 e. The molecule has 1 aliphatic heterocycles. The summed E-state index contributed by atoms with van der Waals surface area (Å²) in [4.78, 5) is 49.9. The number of nitrogens with zero attached hydrogens (tertiary/aromatic N) is 2. The van der Waals surface area contributed by atoms with Crippen LogP contribution < -0.4 is 5.14 Å². The molecular weight excluding hydrogens is 526 g/mol. The summed E-state index contributed by atoms with van der Waals surface area (Å²) in [5.41, 5.74) is 0.167. The van der Waals surface area contributed by atoms with E-state index in [1.165, 1.54) is 24.9 Å². The van der Waals surface area contributed by atoms with Gasteiger partial charge in [0.2, 0.25) is 15.9 Å². The SMILES string of the molecule is CCN(C(=O)CN(C)C(=O)COC(=O)COC(C)=O)[C@H]1C[C@H](C)S(=O)(=O)c2sc(S(N)(=O)=O)cc21. The van der Waals surface area contributed by atoms with Crippen LogP contribution in [-0.4, -0.2) is 89.0 Å². The first-order chi connectivity index (χ1) is 16.1. The van der Waals surface area contributed by atoms with Gasteiger partial charge in [-0.15, -0.1) is 11.3 Å². The third kappa shape index (κ3) is 6.77. The van der Waals surface area contributed by atoms with Gasteiger partial charge in [-0.3, -0.25) is 14.4 Å². The number of hydrogen-bond acceptors (Lipinski definition) is 11. The molecule has 0 saturated carbocycles. The maximum atomic E-state index is 13.1. The molecular formula is C19H27N3O10S3. The van der Waals surface area contributed by atoms with Crippen molar-refractivity contribution in [3.8, 4) is 0 Å². The van der Waals surface area contributed by atoms with Crippen LogP contribution in [0.25, 0.3) is 0 Å². The van der Waals surface area contributed by atoms with Gasteiger partial charge in [-0.25, -0.2) is 26.8 Å². The summed E-state index contributed by atoms with van der Waals surface area (Å²) in [6.45, 7) is 2.65. The summed E-state index contributed by atoms with van der Waals surface area (Å²) >= 11 is 0.547. The molecule has 16 heteroatoms. The summed E-state index contributed by atoms with van der Waals surface area (Å²) in [5.74, 6) is -2.85. The molecule has 0 unspecified atom stereocenters. The van der Waals surface area contributed by atoms with Crippen molar-refractivity contribution >= 4 is 55.0 Å². The van der Waals surface area contributed by atoms with Gasteiger partial charge in [0.05, 0.1) is 17.8 Å². The van der Waals surface area contributed by atoms with Crippen molar-refractivity contribution < 1.29 is 45.5 Å². The van der Waals surface area contributed by atoms with Crippen LogP contribution in [0.1, 0.15) is 38.8 Å². The van der Waals surface area contributed by atoms with Crippen LogP contribution in [0.15, 0.2) is 14.5 Å². The molecule has 2 atom stereocenters. The Labute approximate surface area is 207 Å². The Kier molecular flexibility index (Phi) is 9.02. The molecule has 0 fully saturated rings. The highest BCUT2D eigenvalue weighted by atomic mass is 32.3. The van der Waals surface area contributed by atoms with Crippen LogP contribution in [0.2, 0.25) is 0 Å². The number of amides is 2. The van der Waals surface area contributed by atoms with Crippen LogP contribution in [0.3, 0.4) is 0 Å². The number of carbonyl (C=O) groups is 4. The standard InChI is InChI=1S/C19H27N3O10S3/c1-5-22(15(24)8-21(4)16(25)9-32-17(26)10-31-12(3)23)14-6-11(2)34(27,28)19-13(14)7-18(33-19)35(20,29)30/h7,11,14H,5-6,8-10H2,1-4H3,(H2,20,29,30)/t11-,14-/m0/s1. The normalized spacial score (nSPS) is 18.8. The quantitative estimate of drug-likeness (QED) is 0.387. The molecule has 0 radical (unpaired) electrons. The molecule has 1 aromatic rings. The van der Waals surface area contributed by atoms with Crippen molar-refractivity contribution in [1.82, 2.24) is 9.80 Å². The summed E-state index contributed by atoms with van der Waals surface area (Å²) in [5, 5.41) is 4.31. The van der Waals surface area contributed by atoms with Gasteiger partial charge < -0.3 is 19.3 Å². The molecule has 0 saturated heterocycles. The van der Waals surface area contributed by atoms with Crippen LogP contribution >= 0.6 is 11.3 Å². The van der Waals surface area contributed by atoms with Crippen molar-refractivity contribution in [2.24, 2.45) is 5.14 Å². The third-order valence-electron chi connectivity index (χ3n) is 5.27. The zero-order valence-electron chi connectivity index (χ0n) is 19.5. The second-order valence-electron chi connectivity index (χ2n) is 7.83. The van der Waals surface area contributed by atoms with Crippen LogP contribution in [0.5, 0.6) is 0 Å². The molecule has 1 aromatic heterocycles. The summed E-state index contributed by atoms with van der Waals surface area (Å²) < 4.78 is 58.0. The van der Waals surface area contributed by atoms with E-state index in [4.69, 9.17) is 9.88 Å². The molecule has 0 aromatic carbocycles. The average Bonchev–Trinajstić information content (AvgIpc) is 3.22. The van der Waals surface area contributed by atoms with Crippen molar-refractivity contribution in [1.29, 1.82) is 0 Å². The van der Waals surface area contributed by atoms with Gasteiger partial charge in [-0.05, 0) is 26.3 Å².